The largest absolute Gasteiger partial charge is 0.388 e. The first kappa shape index (κ1) is 16.6. The minimum atomic E-state index is -3.60. The van der Waals surface area contributed by atoms with Gasteiger partial charge in [-0.25, -0.2) is 13.1 Å². The van der Waals surface area contributed by atoms with Gasteiger partial charge in [-0.05, 0) is 34.9 Å². The van der Waals surface area contributed by atoms with E-state index in [1.54, 1.807) is 6.07 Å². The van der Waals surface area contributed by atoms with Crippen LogP contribution in [0.25, 0.3) is 10.8 Å². The van der Waals surface area contributed by atoms with Crippen molar-refractivity contribution in [1.82, 2.24) is 9.71 Å². The second-order valence-corrected chi connectivity index (χ2v) is 7.23. The number of benzene rings is 2. The van der Waals surface area contributed by atoms with Crippen LogP contribution in [-0.4, -0.2) is 25.1 Å². The van der Waals surface area contributed by atoms with E-state index in [2.05, 4.69) is 9.71 Å². The third kappa shape index (κ3) is 3.62. The predicted molar refractivity (Wildman–Crippen MR) is 93.0 cm³/mol. The number of pyridine rings is 1. The van der Waals surface area contributed by atoms with Gasteiger partial charge in [0, 0.05) is 18.9 Å². The van der Waals surface area contributed by atoms with Crippen LogP contribution in [0.1, 0.15) is 18.1 Å². The SMILES string of the molecule is O=S(=O)(NCCC(O)c1cccc2ccccc12)c1cccnc1. The van der Waals surface area contributed by atoms with Crippen molar-refractivity contribution < 1.29 is 13.5 Å². The summed E-state index contributed by atoms with van der Waals surface area (Å²) in [6.45, 7) is 0.140. The molecule has 1 unspecified atom stereocenters. The predicted octanol–water partition coefficient (Wildman–Crippen LogP) is 2.64. The van der Waals surface area contributed by atoms with Gasteiger partial charge in [0.1, 0.15) is 4.90 Å². The van der Waals surface area contributed by atoms with E-state index in [0.29, 0.717) is 0 Å². The van der Waals surface area contributed by atoms with Crippen molar-refractivity contribution in [2.75, 3.05) is 6.54 Å². The summed E-state index contributed by atoms with van der Waals surface area (Å²) in [5.74, 6) is 0. The van der Waals surface area contributed by atoms with E-state index in [1.807, 2.05) is 42.5 Å². The Morgan fingerprint density at radius 3 is 2.62 bits per heavy atom. The molecule has 0 bridgehead atoms. The molecule has 124 valence electrons. The molecule has 1 aromatic heterocycles. The van der Waals surface area contributed by atoms with Gasteiger partial charge in [0.05, 0.1) is 6.10 Å². The molecule has 3 rings (SSSR count). The van der Waals surface area contributed by atoms with E-state index < -0.39 is 16.1 Å². The summed E-state index contributed by atoms with van der Waals surface area (Å²) in [6.07, 6.45) is 2.35. The Balaban J connectivity index is 1.68. The molecule has 1 atom stereocenters. The van der Waals surface area contributed by atoms with Gasteiger partial charge in [-0.3, -0.25) is 4.98 Å². The normalized spacial score (nSPS) is 13.0. The number of nitrogens with zero attached hydrogens (tertiary/aromatic N) is 1. The molecule has 0 aliphatic heterocycles. The van der Waals surface area contributed by atoms with Gasteiger partial charge in [0.25, 0.3) is 0 Å². The third-order valence-electron chi connectivity index (χ3n) is 3.84. The number of nitrogens with one attached hydrogen (secondary N) is 1. The van der Waals surface area contributed by atoms with Crippen LogP contribution in [0.3, 0.4) is 0 Å². The zero-order chi connectivity index (χ0) is 17.0. The van der Waals surface area contributed by atoms with Crippen molar-refractivity contribution in [2.45, 2.75) is 17.4 Å². The Bertz CT molecular complexity index is 922. The molecule has 0 spiro atoms. The average molecular weight is 342 g/mol. The standard InChI is InChI=1S/C18H18N2O3S/c21-18(17-9-3-6-14-5-1-2-8-16(14)17)10-12-20-24(22,23)15-7-4-11-19-13-15/h1-9,11,13,18,20-21H,10,12H2. The van der Waals surface area contributed by atoms with Gasteiger partial charge in [-0.15, -0.1) is 0 Å². The third-order valence-corrected chi connectivity index (χ3v) is 5.28. The molecule has 2 aromatic carbocycles. The number of hydrogen-bond donors (Lipinski definition) is 2. The highest BCUT2D eigenvalue weighted by Gasteiger charge is 2.16. The lowest BCUT2D eigenvalue weighted by Gasteiger charge is -2.14. The maximum Gasteiger partial charge on any atom is 0.242 e. The number of aliphatic hydroxyl groups excluding tert-OH is 1. The van der Waals surface area contributed by atoms with E-state index >= 15 is 0 Å². The van der Waals surface area contributed by atoms with Crippen molar-refractivity contribution in [1.29, 1.82) is 0 Å². The fraction of sp³-hybridized carbons (Fsp3) is 0.167. The molecule has 0 radical (unpaired) electrons. The molecule has 0 amide bonds. The number of rotatable bonds is 6. The zero-order valence-corrected chi connectivity index (χ0v) is 13.8. The van der Waals surface area contributed by atoms with E-state index in [1.165, 1.54) is 18.5 Å². The first-order valence-electron chi connectivity index (χ1n) is 7.63. The molecule has 0 saturated heterocycles. The van der Waals surface area contributed by atoms with E-state index in [9.17, 15) is 13.5 Å². The van der Waals surface area contributed by atoms with E-state index in [0.717, 1.165) is 16.3 Å². The summed E-state index contributed by atoms with van der Waals surface area (Å²) in [6, 6.07) is 16.6. The topological polar surface area (TPSA) is 79.3 Å². The molecule has 6 heteroatoms. The van der Waals surface area contributed by atoms with Crippen LogP contribution in [0.15, 0.2) is 71.9 Å². The van der Waals surface area contributed by atoms with E-state index in [-0.39, 0.29) is 17.9 Å². The molecule has 0 saturated carbocycles. The van der Waals surface area contributed by atoms with Crippen LogP contribution < -0.4 is 4.72 Å². The summed E-state index contributed by atoms with van der Waals surface area (Å²) in [5.41, 5.74) is 0.800. The van der Waals surface area contributed by atoms with Crippen molar-refractivity contribution in [3.05, 3.63) is 72.6 Å². The lowest BCUT2D eigenvalue weighted by molar-refractivity contribution is 0.170. The van der Waals surface area contributed by atoms with Gasteiger partial charge in [0.2, 0.25) is 10.0 Å². The monoisotopic (exact) mass is 342 g/mol. The van der Waals surface area contributed by atoms with Crippen molar-refractivity contribution in [3.63, 3.8) is 0 Å². The second-order valence-electron chi connectivity index (χ2n) is 5.46. The van der Waals surface area contributed by atoms with Gasteiger partial charge < -0.3 is 5.11 Å². The highest BCUT2D eigenvalue weighted by Crippen LogP contribution is 2.25. The van der Waals surface area contributed by atoms with Crippen LogP contribution in [0.4, 0.5) is 0 Å². The zero-order valence-electron chi connectivity index (χ0n) is 13.0. The van der Waals surface area contributed by atoms with E-state index in [4.69, 9.17) is 0 Å². The van der Waals surface area contributed by atoms with Crippen molar-refractivity contribution in [3.8, 4) is 0 Å². The highest BCUT2D eigenvalue weighted by atomic mass is 32.2. The summed E-state index contributed by atoms with van der Waals surface area (Å²) >= 11 is 0. The Kier molecular flexibility index (Phi) is 4.89. The van der Waals surface area contributed by atoms with Crippen LogP contribution in [-0.2, 0) is 10.0 Å². The number of aliphatic hydroxyl groups is 1. The van der Waals surface area contributed by atoms with Crippen LogP contribution in [0, 0.1) is 0 Å². The number of aromatic nitrogens is 1. The Labute approximate surface area is 141 Å². The molecule has 0 aliphatic rings. The number of fused-ring (bicyclic) bond motifs is 1. The van der Waals surface area contributed by atoms with Gasteiger partial charge in [-0.2, -0.15) is 0 Å². The molecule has 3 aromatic rings. The molecule has 24 heavy (non-hydrogen) atoms. The summed E-state index contributed by atoms with van der Waals surface area (Å²) in [7, 11) is -3.60. The fourth-order valence-electron chi connectivity index (χ4n) is 2.62. The number of sulfonamides is 1. The first-order valence-corrected chi connectivity index (χ1v) is 9.12. The van der Waals surface area contributed by atoms with Crippen LogP contribution in [0.2, 0.25) is 0 Å². The molecule has 2 N–H and O–H groups in total. The van der Waals surface area contributed by atoms with Crippen LogP contribution >= 0.6 is 0 Å². The maximum absolute atomic E-state index is 12.1. The van der Waals surface area contributed by atoms with Gasteiger partial charge in [-0.1, -0.05) is 42.5 Å². The minimum Gasteiger partial charge on any atom is -0.388 e. The fourth-order valence-corrected chi connectivity index (χ4v) is 3.63. The lowest BCUT2D eigenvalue weighted by atomic mass is 9.99. The summed E-state index contributed by atoms with van der Waals surface area (Å²) < 4.78 is 26.8. The maximum atomic E-state index is 12.1. The smallest absolute Gasteiger partial charge is 0.242 e. The molecular weight excluding hydrogens is 324 g/mol. The van der Waals surface area contributed by atoms with Crippen LogP contribution in [0.5, 0.6) is 0 Å². The molecule has 5 nitrogen and oxygen atoms in total. The summed E-state index contributed by atoms with van der Waals surface area (Å²) in [5, 5.41) is 12.5. The molecule has 0 aliphatic carbocycles. The van der Waals surface area contributed by atoms with Gasteiger partial charge >= 0.3 is 0 Å². The average Bonchev–Trinajstić information content (AvgIpc) is 2.61. The Morgan fingerprint density at radius 2 is 1.83 bits per heavy atom. The molecule has 1 heterocycles. The highest BCUT2D eigenvalue weighted by molar-refractivity contribution is 7.89. The molecular formula is C18H18N2O3S. The minimum absolute atomic E-state index is 0.115. The Hall–Kier alpha value is -2.28. The van der Waals surface area contributed by atoms with Gasteiger partial charge in [0.15, 0.2) is 0 Å². The second kappa shape index (κ2) is 7.09. The van der Waals surface area contributed by atoms with Crippen molar-refractivity contribution in [2.24, 2.45) is 0 Å². The number of hydrogen-bond acceptors (Lipinski definition) is 4. The first-order chi connectivity index (χ1) is 11.6. The van der Waals surface area contributed by atoms with Crippen molar-refractivity contribution >= 4 is 20.8 Å². The lowest BCUT2D eigenvalue weighted by Crippen LogP contribution is -2.26. The quantitative estimate of drug-likeness (QED) is 0.722. The molecule has 0 fully saturated rings. The summed E-state index contributed by atoms with van der Waals surface area (Å²) in [4.78, 5) is 3.92. The Morgan fingerprint density at radius 1 is 1.04 bits per heavy atom.